The molecule has 90 valence electrons. The number of halogens is 1. The Morgan fingerprint density at radius 3 is 2.69 bits per heavy atom. The minimum absolute atomic E-state index is 0.247. The van der Waals surface area contributed by atoms with Crippen molar-refractivity contribution in [2.24, 2.45) is 5.84 Å². The molecule has 1 aromatic rings. The first kappa shape index (κ1) is 13.1. The summed E-state index contributed by atoms with van der Waals surface area (Å²) in [6.45, 7) is 6.35. The minimum atomic E-state index is -0.489. The number of hydrogen-bond donors (Lipinski definition) is 2. The fraction of sp³-hybridized carbons (Fsp3) is 0.500. The number of nitrogens with two attached hydrogens (primary N) is 1. The van der Waals surface area contributed by atoms with Crippen molar-refractivity contribution >= 4 is 0 Å². The molecule has 1 unspecified atom stereocenters. The van der Waals surface area contributed by atoms with Gasteiger partial charge in [-0.3, -0.25) is 11.3 Å². The average Bonchev–Trinajstić information content (AvgIpc) is 2.18. The van der Waals surface area contributed by atoms with E-state index in [1.807, 2.05) is 26.8 Å². The number of ether oxygens (including phenoxy) is 1. The van der Waals surface area contributed by atoms with Crippen molar-refractivity contribution < 1.29 is 9.13 Å². The Morgan fingerprint density at radius 1 is 1.50 bits per heavy atom. The van der Waals surface area contributed by atoms with Crippen molar-refractivity contribution in [3.63, 3.8) is 0 Å². The molecule has 0 amide bonds. The second-order valence-electron chi connectivity index (χ2n) is 4.19. The lowest BCUT2D eigenvalue weighted by molar-refractivity contribution is -0.0393. The van der Waals surface area contributed by atoms with Gasteiger partial charge in [-0.15, -0.1) is 0 Å². The Morgan fingerprint density at radius 2 is 2.19 bits per heavy atom. The van der Waals surface area contributed by atoms with Crippen molar-refractivity contribution in [2.45, 2.75) is 32.4 Å². The van der Waals surface area contributed by atoms with E-state index in [0.29, 0.717) is 6.61 Å². The van der Waals surface area contributed by atoms with Gasteiger partial charge in [-0.2, -0.15) is 0 Å². The van der Waals surface area contributed by atoms with Gasteiger partial charge in [0.05, 0.1) is 11.6 Å². The van der Waals surface area contributed by atoms with Gasteiger partial charge in [0, 0.05) is 6.61 Å². The third-order valence-electron chi connectivity index (χ3n) is 2.56. The molecule has 0 aromatic heterocycles. The smallest absolute Gasteiger partial charge is 0.123 e. The van der Waals surface area contributed by atoms with E-state index in [-0.39, 0.29) is 11.9 Å². The summed E-state index contributed by atoms with van der Waals surface area (Å²) in [5.41, 5.74) is 2.97. The molecule has 0 aliphatic carbocycles. The van der Waals surface area contributed by atoms with Crippen LogP contribution in [0.15, 0.2) is 24.3 Å². The van der Waals surface area contributed by atoms with Crippen molar-refractivity contribution in [2.75, 3.05) is 6.61 Å². The van der Waals surface area contributed by atoms with Gasteiger partial charge >= 0.3 is 0 Å². The van der Waals surface area contributed by atoms with Crippen LogP contribution in [0.2, 0.25) is 0 Å². The minimum Gasteiger partial charge on any atom is -0.374 e. The van der Waals surface area contributed by atoms with Crippen molar-refractivity contribution in [1.82, 2.24) is 5.43 Å². The third kappa shape index (κ3) is 3.01. The molecule has 3 nitrogen and oxygen atoms in total. The Kier molecular flexibility index (Phi) is 4.41. The first-order valence-corrected chi connectivity index (χ1v) is 5.36. The summed E-state index contributed by atoms with van der Waals surface area (Å²) in [4.78, 5) is 0. The van der Waals surface area contributed by atoms with E-state index in [1.54, 1.807) is 6.07 Å². The van der Waals surface area contributed by atoms with Crippen LogP contribution in [0.5, 0.6) is 0 Å². The fourth-order valence-corrected chi connectivity index (χ4v) is 1.84. The molecule has 3 N–H and O–H groups in total. The molecule has 1 rings (SSSR count). The molecule has 0 saturated carbocycles. The zero-order valence-corrected chi connectivity index (χ0v) is 9.96. The van der Waals surface area contributed by atoms with Crippen LogP contribution in [-0.2, 0) is 4.74 Å². The van der Waals surface area contributed by atoms with E-state index in [2.05, 4.69) is 5.43 Å². The van der Waals surface area contributed by atoms with Gasteiger partial charge in [-0.05, 0) is 38.5 Å². The number of rotatable bonds is 5. The molecule has 0 aliphatic heterocycles. The molecule has 0 radical (unpaired) electrons. The summed E-state index contributed by atoms with van der Waals surface area (Å²) in [7, 11) is 0. The quantitative estimate of drug-likeness (QED) is 0.597. The second-order valence-corrected chi connectivity index (χ2v) is 4.19. The van der Waals surface area contributed by atoms with Crippen molar-refractivity contribution in [3.8, 4) is 0 Å². The molecule has 0 saturated heterocycles. The molecule has 4 heteroatoms. The Hall–Kier alpha value is -0.970. The molecule has 0 bridgehead atoms. The van der Waals surface area contributed by atoms with Gasteiger partial charge in [-0.1, -0.05) is 12.1 Å². The molecule has 16 heavy (non-hydrogen) atoms. The lowest BCUT2D eigenvalue weighted by atomic mass is 9.92. The van der Waals surface area contributed by atoms with Crippen LogP contribution in [-0.4, -0.2) is 12.2 Å². The second kappa shape index (κ2) is 5.39. The number of hydrazine groups is 1. The zero-order chi connectivity index (χ0) is 12.2. The van der Waals surface area contributed by atoms with E-state index in [0.717, 1.165) is 5.56 Å². The Bertz CT molecular complexity index is 342. The summed E-state index contributed by atoms with van der Waals surface area (Å²) in [6, 6.07) is 6.12. The number of benzene rings is 1. The maximum Gasteiger partial charge on any atom is 0.123 e. The van der Waals surface area contributed by atoms with Crippen LogP contribution in [0, 0.1) is 5.82 Å². The van der Waals surface area contributed by atoms with E-state index in [1.165, 1.54) is 12.1 Å². The van der Waals surface area contributed by atoms with Gasteiger partial charge in [0.1, 0.15) is 5.82 Å². The Balaban J connectivity index is 2.98. The highest BCUT2D eigenvalue weighted by molar-refractivity contribution is 5.22. The monoisotopic (exact) mass is 226 g/mol. The maximum absolute atomic E-state index is 13.1. The Labute approximate surface area is 95.8 Å². The lowest BCUT2D eigenvalue weighted by Gasteiger charge is -2.34. The lowest BCUT2D eigenvalue weighted by Crippen LogP contribution is -2.44. The molecule has 1 aromatic carbocycles. The third-order valence-corrected chi connectivity index (χ3v) is 2.56. The summed E-state index contributed by atoms with van der Waals surface area (Å²) in [6.07, 6.45) is 0. The van der Waals surface area contributed by atoms with E-state index >= 15 is 0 Å². The molecule has 0 spiro atoms. The van der Waals surface area contributed by atoms with Crippen molar-refractivity contribution in [1.29, 1.82) is 0 Å². The molecule has 0 heterocycles. The van der Waals surface area contributed by atoms with Gasteiger partial charge in [0.15, 0.2) is 0 Å². The number of nitrogens with one attached hydrogen (secondary N) is 1. The largest absolute Gasteiger partial charge is 0.374 e. The highest BCUT2D eigenvalue weighted by atomic mass is 19.1. The summed E-state index contributed by atoms with van der Waals surface area (Å²) < 4.78 is 18.7. The van der Waals surface area contributed by atoms with Crippen LogP contribution in [0.4, 0.5) is 4.39 Å². The standard InChI is InChI=1S/C12H19FN2O/c1-4-16-12(2,3)11(15-14)9-6-5-7-10(13)8-9/h5-8,11,15H,4,14H2,1-3H3. The highest BCUT2D eigenvalue weighted by Crippen LogP contribution is 2.28. The van der Waals surface area contributed by atoms with E-state index in [4.69, 9.17) is 10.6 Å². The molecule has 1 atom stereocenters. The van der Waals surface area contributed by atoms with Gasteiger partial charge in [0.25, 0.3) is 0 Å². The van der Waals surface area contributed by atoms with Crippen LogP contribution in [0.25, 0.3) is 0 Å². The van der Waals surface area contributed by atoms with Crippen LogP contribution in [0.3, 0.4) is 0 Å². The predicted molar refractivity (Wildman–Crippen MR) is 62.2 cm³/mol. The van der Waals surface area contributed by atoms with Gasteiger partial charge in [-0.25, -0.2) is 4.39 Å². The van der Waals surface area contributed by atoms with Gasteiger partial charge in [0.2, 0.25) is 0 Å². The highest BCUT2D eigenvalue weighted by Gasteiger charge is 2.30. The molecule has 0 aliphatic rings. The summed E-state index contributed by atoms with van der Waals surface area (Å²) in [5.74, 6) is 5.25. The fourth-order valence-electron chi connectivity index (χ4n) is 1.84. The van der Waals surface area contributed by atoms with Crippen LogP contribution >= 0.6 is 0 Å². The average molecular weight is 226 g/mol. The first-order valence-electron chi connectivity index (χ1n) is 5.36. The summed E-state index contributed by atoms with van der Waals surface area (Å²) >= 11 is 0. The van der Waals surface area contributed by atoms with Crippen LogP contribution < -0.4 is 11.3 Å². The number of hydrogen-bond acceptors (Lipinski definition) is 3. The molecular weight excluding hydrogens is 207 g/mol. The van der Waals surface area contributed by atoms with E-state index in [9.17, 15) is 4.39 Å². The zero-order valence-electron chi connectivity index (χ0n) is 9.96. The normalized spacial score (nSPS) is 13.8. The summed E-state index contributed by atoms with van der Waals surface area (Å²) in [5, 5.41) is 0. The molecular formula is C12H19FN2O. The SMILES string of the molecule is CCOC(C)(C)C(NN)c1cccc(F)c1. The van der Waals surface area contributed by atoms with E-state index < -0.39 is 5.60 Å². The predicted octanol–water partition coefficient (Wildman–Crippen LogP) is 2.15. The molecule has 0 fully saturated rings. The van der Waals surface area contributed by atoms with Crippen LogP contribution in [0.1, 0.15) is 32.4 Å². The van der Waals surface area contributed by atoms with Gasteiger partial charge < -0.3 is 4.74 Å². The topological polar surface area (TPSA) is 47.3 Å². The first-order chi connectivity index (χ1) is 7.51. The maximum atomic E-state index is 13.1. The van der Waals surface area contributed by atoms with Crippen molar-refractivity contribution in [3.05, 3.63) is 35.6 Å².